The molecule has 1 atom stereocenters. The van der Waals surface area contributed by atoms with E-state index in [0.717, 1.165) is 17.7 Å². The summed E-state index contributed by atoms with van der Waals surface area (Å²) in [6.45, 7) is 2.26. The molecule has 0 spiro atoms. The maximum atomic E-state index is 4.69. The molecule has 2 aromatic heterocycles. The van der Waals surface area contributed by atoms with E-state index in [0.29, 0.717) is 6.04 Å². The largest absolute Gasteiger partial charge is 0.331 e. The zero-order valence-electron chi connectivity index (χ0n) is 9.43. The number of imidazole rings is 1. The fraction of sp³-hybridized carbons (Fsp3) is 0.385. The topological polar surface area (TPSA) is 30.7 Å². The van der Waals surface area contributed by atoms with E-state index in [-0.39, 0.29) is 0 Å². The molecule has 1 aliphatic rings. The van der Waals surface area contributed by atoms with Gasteiger partial charge in [-0.2, -0.15) is 0 Å². The Bertz CT molecular complexity index is 487. The van der Waals surface area contributed by atoms with Gasteiger partial charge in [-0.15, -0.1) is 0 Å². The van der Waals surface area contributed by atoms with Crippen molar-refractivity contribution in [3.05, 3.63) is 36.5 Å². The minimum atomic E-state index is 0.585. The average Bonchev–Trinajstić information content (AvgIpc) is 2.76. The van der Waals surface area contributed by atoms with Gasteiger partial charge in [-0.25, -0.2) is 4.98 Å². The predicted molar refractivity (Wildman–Crippen MR) is 63.1 cm³/mol. The van der Waals surface area contributed by atoms with Crippen LogP contribution in [0.4, 0.5) is 0 Å². The van der Waals surface area contributed by atoms with Crippen molar-refractivity contribution in [2.45, 2.75) is 32.2 Å². The minimum Gasteiger partial charge on any atom is -0.331 e. The molecule has 2 aromatic rings. The van der Waals surface area contributed by atoms with Gasteiger partial charge in [-0.3, -0.25) is 4.98 Å². The Balaban J connectivity index is 2.05. The number of fused-ring (bicyclic) bond motifs is 1. The molecular formula is C13H15N3. The summed E-state index contributed by atoms with van der Waals surface area (Å²) in [5.74, 6) is 1.22. The molecule has 0 aromatic carbocycles. The van der Waals surface area contributed by atoms with E-state index in [9.17, 15) is 0 Å². The van der Waals surface area contributed by atoms with Gasteiger partial charge in [-0.05, 0) is 31.9 Å². The Morgan fingerprint density at radius 3 is 3.12 bits per heavy atom. The predicted octanol–water partition coefficient (Wildman–Crippen LogP) is 2.84. The van der Waals surface area contributed by atoms with E-state index in [1.54, 1.807) is 6.20 Å². The van der Waals surface area contributed by atoms with Gasteiger partial charge in [0, 0.05) is 36.6 Å². The molecule has 0 bridgehead atoms. The summed E-state index contributed by atoms with van der Waals surface area (Å²) in [4.78, 5) is 8.83. The van der Waals surface area contributed by atoms with Gasteiger partial charge >= 0.3 is 0 Å². The first kappa shape index (κ1) is 9.58. The lowest BCUT2D eigenvalue weighted by Gasteiger charge is -2.20. The second-order valence-electron chi connectivity index (χ2n) is 4.43. The molecule has 3 nitrogen and oxygen atoms in total. The highest BCUT2D eigenvalue weighted by Gasteiger charge is 2.18. The van der Waals surface area contributed by atoms with Crippen LogP contribution in [0.3, 0.4) is 0 Å². The van der Waals surface area contributed by atoms with Crippen LogP contribution in [-0.4, -0.2) is 14.5 Å². The van der Waals surface area contributed by atoms with Crippen LogP contribution in [0.2, 0.25) is 0 Å². The SMILES string of the molecule is C[C@@H]1CCCc2nc(-c3cccnc3)cn21. The van der Waals surface area contributed by atoms with E-state index in [4.69, 9.17) is 4.98 Å². The Hall–Kier alpha value is -1.64. The number of aryl methyl sites for hydroxylation is 1. The molecule has 0 saturated heterocycles. The van der Waals surface area contributed by atoms with Gasteiger partial charge in [-0.1, -0.05) is 0 Å². The maximum absolute atomic E-state index is 4.69. The summed E-state index contributed by atoms with van der Waals surface area (Å²) in [7, 11) is 0. The first-order chi connectivity index (χ1) is 7.84. The molecule has 0 aliphatic carbocycles. The monoisotopic (exact) mass is 213 g/mol. The molecule has 0 unspecified atom stereocenters. The molecule has 0 N–H and O–H groups in total. The number of hydrogen-bond donors (Lipinski definition) is 0. The van der Waals surface area contributed by atoms with Gasteiger partial charge in [0.05, 0.1) is 5.69 Å². The van der Waals surface area contributed by atoms with Crippen molar-refractivity contribution in [1.29, 1.82) is 0 Å². The summed E-state index contributed by atoms with van der Waals surface area (Å²) >= 11 is 0. The summed E-state index contributed by atoms with van der Waals surface area (Å²) < 4.78 is 2.31. The average molecular weight is 213 g/mol. The zero-order chi connectivity index (χ0) is 11.0. The number of pyridine rings is 1. The normalized spacial score (nSPS) is 19.4. The number of rotatable bonds is 1. The van der Waals surface area contributed by atoms with Crippen molar-refractivity contribution in [1.82, 2.24) is 14.5 Å². The molecule has 0 saturated carbocycles. The Morgan fingerprint density at radius 2 is 2.38 bits per heavy atom. The number of hydrogen-bond acceptors (Lipinski definition) is 2. The Labute approximate surface area is 95.2 Å². The molecule has 1 aliphatic heterocycles. The van der Waals surface area contributed by atoms with E-state index >= 15 is 0 Å². The molecule has 3 heteroatoms. The standard InChI is InChI=1S/C13H15N3/c1-10-4-2-6-13-15-12(9-16(10)13)11-5-3-7-14-8-11/h3,5,7-10H,2,4,6H2,1H3/t10-/m1/s1. The third kappa shape index (κ3) is 1.52. The van der Waals surface area contributed by atoms with Crippen LogP contribution in [0.1, 0.15) is 31.6 Å². The summed E-state index contributed by atoms with van der Waals surface area (Å²) in [6.07, 6.45) is 9.45. The fourth-order valence-corrected chi connectivity index (χ4v) is 2.35. The van der Waals surface area contributed by atoms with E-state index in [2.05, 4.69) is 28.7 Å². The molecule has 82 valence electrons. The van der Waals surface area contributed by atoms with Gasteiger partial charge in [0.1, 0.15) is 5.82 Å². The van der Waals surface area contributed by atoms with Gasteiger partial charge in [0.15, 0.2) is 0 Å². The maximum Gasteiger partial charge on any atom is 0.109 e. The van der Waals surface area contributed by atoms with Crippen molar-refractivity contribution in [3.63, 3.8) is 0 Å². The van der Waals surface area contributed by atoms with Crippen molar-refractivity contribution in [2.75, 3.05) is 0 Å². The molecule has 16 heavy (non-hydrogen) atoms. The fourth-order valence-electron chi connectivity index (χ4n) is 2.35. The van der Waals surface area contributed by atoms with Crippen LogP contribution < -0.4 is 0 Å². The first-order valence-corrected chi connectivity index (χ1v) is 5.83. The van der Waals surface area contributed by atoms with E-state index in [1.165, 1.54) is 18.7 Å². The summed E-state index contributed by atoms with van der Waals surface area (Å²) in [5.41, 5.74) is 2.16. The van der Waals surface area contributed by atoms with Crippen molar-refractivity contribution < 1.29 is 0 Å². The highest BCUT2D eigenvalue weighted by Crippen LogP contribution is 2.27. The molecular weight excluding hydrogens is 198 g/mol. The van der Waals surface area contributed by atoms with Gasteiger partial charge in [0.25, 0.3) is 0 Å². The summed E-state index contributed by atoms with van der Waals surface area (Å²) in [5, 5.41) is 0. The summed E-state index contributed by atoms with van der Waals surface area (Å²) in [6, 6.07) is 4.60. The highest BCUT2D eigenvalue weighted by atomic mass is 15.1. The van der Waals surface area contributed by atoms with Crippen LogP contribution in [0.25, 0.3) is 11.3 Å². The van der Waals surface area contributed by atoms with Crippen molar-refractivity contribution >= 4 is 0 Å². The van der Waals surface area contributed by atoms with E-state index < -0.39 is 0 Å². The number of nitrogens with zero attached hydrogens (tertiary/aromatic N) is 3. The third-order valence-corrected chi connectivity index (χ3v) is 3.26. The zero-order valence-corrected chi connectivity index (χ0v) is 9.43. The minimum absolute atomic E-state index is 0.585. The van der Waals surface area contributed by atoms with Gasteiger partial charge in [0.2, 0.25) is 0 Å². The van der Waals surface area contributed by atoms with Crippen LogP contribution in [0, 0.1) is 0 Å². The molecule has 3 heterocycles. The molecule has 0 amide bonds. The van der Waals surface area contributed by atoms with Crippen molar-refractivity contribution in [3.8, 4) is 11.3 Å². The Morgan fingerprint density at radius 1 is 1.44 bits per heavy atom. The molecule has 3 rings (SSSR count). The van der Waals surface area contributed by atoms with Crippen molar-refractivity contribution in [2.24, 2.45) is 0 Å². The highest BCUT2D eigenvalue weighted by molar-refractivity contribution is 5.57. The third-order valence-electron chi connectivity index (χ3n) is 3.26. The second-order valence-corrected chi connectivity index (χ2v) is 4.43. The smallest absolute Gasteiger partial charge is 0.109 e. The molecule has 0 radical (unpaired) electrons. The van der Waals surface area contributed by atoms with Crippen LogP contribution in [0.15, 0.2) is 30.7 Å². The van der Waals surface area contributed by atoms with Crippen LogP contribution in [-0.2, 0) is 6.42 Å². The van der Waals surface area contributed by atoms with E-state index in [1.807, 2.05) is 12.3 Å². The number of aromatic nitrogens is 3. The lowest BCUT2D eigenvalue weighted by atomic mass is 10.1. The second kappa shape index (κ2) is 3.74. The molecule has 0 fully saturated rings. The Kier molecular flexibility index (Phi) is 2.24. The lowest BCUT2D eigenvalue weighted by molar-refractivity contribution is 0.426. The van der Waals surface area contributed by atoms with Crippen LogP contribution >= 0.6 is 0 Å². The van der Waals surface area contributed by atoms with Crippen LogP contribution in [0.5, 0.6) is 0 Å². The first-order valence-electron chi connectivity index (χ1n) is 5.83. The quantitative estimate of drug-likeness (QED) is 0.729. The van der Waals surface area contributed by atoms with Gasteiger partial charge < -0.3 is 4.57 Å². The lowest BCUT2D eigenvalue weighted by Crippen LogP contribution is -2.14.